The van der Waals surface area contributed by atoms with Gasteiger partial charge in [0.15, 0.2) is 0 Å². The van der Waals surface area contributed by atoms with E-state index in [0.717, 1.165) is 0 Å². The average molecular weight is 182 g/mol. The Hall–Kier alpha value is -0.500. The van der Waals surface area contributed by atoms with Gasteiger partial charge in [-0.25, -0.2) is 0 Å². The van der Waals surface area contributed by atoms with E-state index >= 15 is 0 Å². The van der Waals surface area contributed by atoms with Crippen LogP contribution in [0.2, 0.25) is 0 Å². The van der Waals surface area contributed by atoms with Crippen LogP contribution in [0.1, 0.15) is 20.3 Å². The lowest BCUT2D eigenvalue weighted by Gasteiger charge is -2.24. The summed E-state index contributed by atoms with van der Waals surface area (Å²) in [6, 6.07) is 0. The Balaban J connectivity index is 2.68. The molecule has 0 aromatic rings. The number of hydrogen-bond acceptors (Lipinski definition) is 2. The summed E-state index contributed by atoms with van der Waals surface area (Å²) in [7, 11) is 0. The predicted octanol–water partition coefficient (Wildman–Crippen LogP) is 2.40. The largest absolute Gasteiger partial charge is 0.300 e. The zero-order chi connectivity index (χ0) is 9.19. The molecule has 1 aliphatic carbocycles. The number of Topliss-reactive ketones (excluding diaryl/α,β-unsaturated/α-hetero) is 1. The molecule has 0 spiro atoms. The van der Waals surface area contributed by atoms with Crippen molar-refractivity contribution < 1.29 is 4.79 Å². The van der Waals surface area contributed by atoms with Gasteiger partial charge in [0.2, 0.25) is 0 Å². The Kier molecular flexibility index (Phi) is 2.78. The number of carbonyl (C=O) groups excluding carboxylic acids is 1. The number of thiol groups is 1. The molecule has 1 rings (SSSR count). The fraction of sp³-hybridized carbons (Fsp3) is 0.500. The van der Waals surface area contributed by atoms with Crippen molar-refractivity contribution in [1.29, 1.82) is 0 Å². The molecule has 0 atom stereocenters. The maximum Gasteiger partial charge on any atom is 0.131 e. The Labute approximate surface area is 79.0 Å². The molecule has 0 radical (unpaired) electrons. The second-order valence-electron chi connectivity index (χ2n) is 3.59. The fourth-order valence-electron chi connectivity index (χ4n) is 1.41. The van der Waals surface area contributed by atoms with Crippen LogP contribution >= 0.6 is 12.6 Å². The van der Waals surface area contributed by atoms with E-state index in [4.69, 9.17) is 0 Å². The molecule has 0 saturated heterocycles. The molecule has 0 saturated carbocycles. The van der Waals surface area contributed by atoms with Crippen LogP contribution < -0.4 is 0 Å². The van der Waals surface area contributed by atoms with Crippen LogP contribution in [0, 0.1) is 5.41 Å². The van der Waals surface area contributed by atoms with Crippen LogP contribution in [-0.4, -0.2) is 11.0 Å². The summed E-state index contributed by atoms with van der Waals surface area (Å²) in [5, 5.41) is 0.213. The van der Waals surface area contributed by atoms with Gasteiger partial charge in [-0.3, -0.25) is 4.79 Å². The first-order chi connectivity index (χ1) is 5.52. The van der Waals surface area contributed by atoms with E-state index in [1.807, 2.05) is 12.2 Å². The smallest absolute Gasteiger partial charge is 0.131 e. The number of rotatable bonds is 2. The lowest BCUT2D eigenvalue weighted by Crippen LogP contribution is -2.17. The molecule has 0 heterocycles. The molecule has 0 aromatic carbocycles. The number of ketones is 1. The quantitative estimate of drug-likeness (QED) is 0.512. The van der Waals surface area contributed by atoms with Gasteiger partial charge < -0.3 is 0 Å². The highest BCUT2D eigenvalue weighted by Crippen LogP contribution is 2.29. The molecule has 0 N–H and O–H groups in total. The second-order valence-corrected chi connectivity index (χ2v) is 4.19. The molecule has 0 aliphatic heterocycles. The van der Waals surface area contributed by atoms with Crippen molar-refractivity contribution in [1.82, 2.24) is 0 Å². The summed E-state index contributed by atoms with van der Waals surface area (Å²) in [6.45, 7) is 3.68. The van der Waals surface area contributed by atoms with Crippen LogP contribution in [0.4, 0.5) is 0 Å². The molecule has 2 heteroatoms. The Bertz CT molecular complexity index is 226. The normalized spacial score (nSPS) is 33.8. The third-order valence-electron chi connectivity index (χ3n) is 1.98. The SMILES string of the molecule is CC(=O)C[C@]1(C)C=C[C@@H](S)C=C1. The lowest BCUT2D eigenvalue weighted by atomic mass is 9.82. The first kappa shape index (κ1) is 9.59. The van der Waals surface area contributed by atoms with Gasteiger partial charge in [0.1, 0.15) is 5.78 Å². The van der Waals surface area contributed by atoms with Crippen molar-refractivity contribution in [2.24, 2.45) is 5.41 Å². The lowest BCUT2D eigenvalue weighted by molar-refractivity contribution is -0.118. The zero-order valence-corrected chi connectivity index (χ0v) is 8.34. The highest BCUT2D eigenvalue weighted by atomic mass is 32.1. The van der Waals surface area contributed by atoms with Gasteiger partial charge in [-0.1, -0.05) is 31.2 Å². The second kappa shape index (κ2) is 3.48. The molecule has 1 aliphatic rings. The maximum absolute atomic E-state index is 10.9. The van der Waals surface area contributed by atoms with E-state index in [1.165, 1.54) is 0 Å². The van der Waals surface area contributed by atoms with E-state index in [2.05, 4.69) is 31.7 Å². The van der Waals surface area contributed by atoms with Crippen molar-refractivity contribution >= 4 is 18.4 Å². The van der Waals surface area contributed by atoms with Crippen molar-refractivity contribution in [3.63, 3.8) is 0 Å². The minimum atomic E-state index is -0.0783. The van der Waals surface area contributed by atoms with E-state index in [0.29, 0.717) is 6.42 Å². The summed E-state index contributed by atoms with van der Waals surface area (Å²) in [6.07, 6.45) is 8.75. The van der Waals surface area contributed by atoms with E-state index in [9.17, 15) is 4.79 Å². The van der Waals surface area contributed by atoms with Gasteiger partial charge in [-0.05, 0) is 6.92 Å². The third-order valence-corrected chi connectivity index (χ3v) is 2.32. The first-order valence-corrected chi connectivity index (χ1v) is 4.60. The number of allylic oxidation sites excluding steroid dienone is 2. The molecule has 66 valence electrons. The van der Waals surface area contributed by atoms with E-state index in [1.54, 1.807) is 6.92 Å². The molecule has 0 fully saturated rings. The molecule has 1 nitrogen and oxygen atoms in total. The molecule has 0 amide bonds. The van der Waals surface area contributed by atoms with Crippen LogP contribution in [0.5, 0.6) is 0 Å². The number of hydrogen-bond donors (Lipinski definition) is 1. The fourth-order valence-corrected chi connectivity index (χ4v) is 1.58. The monoisotopic (exact) mass is 182 g/mol. The molecular weight excluding hydrogens is 168 g/mol. The Morgan fingerprint density at radius 2 is 2.00 bits per heavy atom. The highest BCUT2D eigenvalue weighted by Gasteiger charge is 2.21. The van der Waals surface area contributed by atoms with Gasteiger partial charge in [-0.15, -0.1) is 0 Å². The van der Waals surface area contributed by atoms with Crippen LogP contribution in [0.25, 0.3) is 0 Å². The number of carbonyl (C=O) groups is 1. The van der Waals surface area contributed by atoms with Gasteiger partial charge in [0, 0.05) is 17.1 Å². The summed E-state index contributed by atoms with van der Waals surface area (Å²) in [5.41, 5.74) is -0.0783. The highest BCUT2D eigenvalue weighted by molar-refractivity contribution is 7.81. The predicted molar refractivity (Wildman–Crippen MR) is 54.5 cm³/mol. The summed E-state index contributed by atoms with van der Waals surface area (Å²) in [5.74, 6) is 0.226. The average Bonchev–Trinajstić information content (AvgIpc) is 1.94. The van der Waals surface area contributed by atoms with Crippen molar-refractivity contribution in [3.05, 3.63) is 24.3 Å². The first-order valence-electron chi connectivity index (χ1n) is 4.08. The molecule has 12 heavy (non-hydrogen) atoms. The topological polar surface area (TPSA) is 17.1 Å². The van der Waals surface area contributed by atoms with Gasteiger partial charge >= 0.3 is 0 Å². The van der Waals surface area contributed by atoms with Crippen LogP contribution in [0.3, 0.4) is 0 Å². The van der Waals surface area contributed by atoms with Gasteiger partial charge in [-0.2, -0.15) is 12.6 Å². The minimum absolute atomic E-state index is 0.0783. The summed E-state index contributed by atoms with van der Waals surface area (Å²) < 4.78 is 0. The summed E-state index contributed by atoms with van der Waals surface area (Å²) in [4.78, 5) is 10.9. The van der Waals surface area contributed by atoms with Gasteiger partial charge in [0.25, 0.3) is 0 Å². The minimum Gasteiger partial charge on any atom is -0.300 e. The Morgan fingerprint density at radius 3 is 2.42 bits per heavy atom. The van der Waals surface area contributed by atoms with E-state index < -0.39 is 0 Å². The third kappa shape index (κ3) is 2.52. The van der Waals surface area contributed by atoms with Crippen molar-refractivity contribution in [3.8, 4) is 0 Å². The Morgan fingerprint density at radius 1 is 1.50 bits per heavy atom. The standard InChI is InChI=1S/C10H14OS/c1-8(11)7-10(2)5-3-9(12)4-6-10/h3-6,9,12H,7H2,1-2H3/t9-,10-. The molecule has 0 unspecified atom stereocenters. The van der Waals surface area contributed by atoms with Crippen LogP contribution in [0.15, 0.2) is 24.3 Å². The zero-order valence-electron chi connectivity index (χ0n) is 7.45. The molecule has 0 aromatic heterocycles. The van der Waals surface area contributed by atoms with Gasteiger partial charge in [0.05, 0.1) is 0 Å². The molecular formula is C10H14OS. The van der Waals surface area contributed by atoms with Crippen molar-refractivity contribution in [2.45, 2.75) is 25.5 Å². The van der Waals surface area contributed by atoms with Crippen LogP contribution in [-0.2, 0) is 4.79 Å². The molecule has 0 bridgehead atoms. The van der Waals surface area contributed by atoms with Crippen molar-refractivity contribution in [2.75, 3.05) is 0 Å². The van der Waals surface area contributed by atoms with E-state index in [-0.39, 0.29) is 16.4 Å². The summed E-state index contributed by atoms with van der Waals surface area (Å²) >= 11 is 4.27. The maximum atomic E-state index is 10.9.